The molecule has 3 rings (SSSR count). The standard InChI is InChI=1S/C17H20N4O2/c1-22-15-7-6-12(8-16(15)23-14-4-2-3-5-14)10-19-17-13(9-18)11-20-21-17/h6-8,11,14H,2-5,10H2,1H3,(H2,19,20,21). The minimum Gasteiger partial charge on any atom is -0.493 e. The van der Waals surface area contributed by atoms with Crippen molar-refractivity contribution in [3.8, 4) is 17.6 Å². The Balaban J connectivity index is 1.71. The topological polar surface area (TPSA) is 83.0 Å². The number of H-pyrrole nitrogens is 1. The molecule has 1 heterocycles. The van der Waals surface area contributed by atoms with Gasteiger partial charge in [-0.2, -0.15) is 10.4 Å². The van der Waals surface area contributed by atoms with E-state index in [2.05, 4.69) is 21.6 Å². The van der Waals surface area contributed by atoms with Gasteiger partial charge in [0.2, 0.25) is 0 Å². The van der Waals surface area contributed by atoms with E-state index in [0.29, 0.717) is 17.9 Å². The van der Waals surface area contributed by atoms with Crippen molar-refractivity contribution in [1.82, 2.24) is 10.2 Å². The first-order chi connectivity index (χ1) is 11.3. The number of methoxy groups -OCH3 is 1. The first-order valence-corrected chi connectivity index (χ1v) is 7.81. The highest BCUT2D eigenvalue weighted by Gasteiger charge is 2.18. The molecule has 0 saturated heterocycles. The van der Waals surface area contributed by atoms with Crippen LogP contribution in [0.4, 0.5) is 5.82 Å². The summed E-state index contributed by atoms with van der Waals surface area (Å²) in [5.41, 5.74) is 1.55. The largest absolute Gasteiger partial charge is 0.493 e. The predicted octanol–water partition coefficient (Wildman–Crippen LogP) is 3.22. The number of rotatable bonds is 6. The first kappa shape index (κ1) is 15.2. The van der Waals surface area contributed by atoms with Gasteiger partial charge in [0.05, 0.1) is 19.4 Å². The number of nitrogens with one attached hydrogen (secondary N) is 2. The summed E-state index contributed by atoms with van der Waals surface area (Å²) in [6.07, 6.45) is 6.45. The first-order valence-electron chi connectivity index (χ1n) is 7.81. The minimum atomic E-state index is 0.282. The number of nitriles is 1. The lowest BCUT2D eigenvalue weighted by atomic mass is 10.2. The van der Waals surface area contributed by atoms with Crippen molar-refractivity contribution in [3.63, 3.8) is 0 Å². The van der Waals surface area contributed by atoms with Crippen molar-refractivity contribution in [2.75, 3.05) is 12.4 Å². The lowest BCUT2D eigenvalue weighted by Gasteiger charge is -2.17. The number of ether oxygens (including phenoxy) is 2. The van der Waals surface area contributed by atoms with Crippen molar-refractivity contribution < 1.29 is 9.47 Å². The highest BCUT2D eigenvalue weighted by atomic mass is 16.5. The smallest absolute Gasteiger partial charge is 0.161 e. The van der Waals surface area contributed by atoms with Gasteiger partial charge in [0.15, 0.2) is 11.5 Å². The molecule has 0 spiro atoms. The monoisotopic (exact) mass is 312 g/mol. The van der Waals surface area contributed by atoms with Gasteiger partial charge < -0.3 is 14.8 Å². The zero-order chi connectivity index (χ0) is 16.1. The van der Waals surface area contributed by atoms with Crippen LogP contribution in [0.3, 0.4) is 0 Å². The maximum absolute atomic E-state index is 8.99. The quantitative estimate of drug-likeness (QED) is 0.855. The molecule has 6 heteroatoms. The summed E-state index contributed by atoms with van der Waals surface area (Å²) in [6.45, 7) is 0.571. The number of nitrogens with zero attached hydrogens (tertiary/aromatic N) is 2. The van der Waals surface area contributed by atoms with Crippen LogP contribution in [-0.2, 0) is 6.54 Å². The third-order valence-corrected chi connectivity index (χ3v) is 4.05. The van der Waals surface area contributed by atoms with Crippen LogP contribution >= 0.6 is 0 Å². The number of aromatic amines is 1. The van der Waals surface area contributed by atoms with Gasteiger partial charge in [-0.1, -0.05) is 6.07 Å². The van der Waals surface area contributed by atoms with Crippen LogP contribution in [0.5, 0.6) is 11.5 Å². The molecule has 0 unspecified atom stereocenters. The van der Waals surface area contributed by atoms with Crippen molar-refractivity contribution in [3.05, 3.63) is 35.5 Å². The van der Waals surface area contributed by atoms with Gasteiger partial charge in [-0.3, -0.25) is 5.10 Å². The Kier molecular flexibility index (Phi) is 4.67. The Morgan fingerprint density at radius 3 is 2.91 bits per heavy atom. The Bertz CT molecular complexity index is 699. The maximum Gasteiger partial charge on any atom is 0.161 e. The molecular weight excluding hydrogens is 292 g/mol. The summed E-state index contributed by atoms with van der Waals surface area (Å²) < 4.78 is 11.5. The van der Waals surface area contributed by atoms with Crippen LogP contribution in [0.15, 0.2) is 24.4 Å². The van der Waals surface area contributed by atoms with Crippen molar-refractivity contribution in [2.24, 2.45) is 0 Å². The van der Waals surface area contributed by atoms with Gasteiger partial charge in [-0.15, -0.1) is 0 Å². The van der Waals surface area contributed by atoms with Crippen LogP contribution in [0, 0.1) is 11.3 Å². The van der Waals surface area contributed by atoms with E-state index < -0.39 is 0 Å². The van der Waals surface area contributed by atoms with Gasteiger partial charge in [0.25, 0.3) is 0 Å². The fourth-order valence-electron chi connectivity index (χ4n) is 2.81. The zero-order valence-electron chi connectivity index (χ0n) is 13.1. The number of benzene rings is 1. The van der Waals surface area contributed by atoms with Crippen LogP contribution in [-0.4, -0.2) is 23.4 Å². The van der Waals surface area contributed by atoms with E-state index in [1.165, 1.54) is 19.0 Å². The Morgan fingerprint density at radius 2 is 2.17 bits per heavy atom. The maximum atomic E-state index is 8.99. The molecule has 1 aliphatic rings. The summed E-state index contributed by atoms with van der Waals surface area (Å²) in [7, 11) is 1.65. The molecule has 0 amide bonds. The molecule has 1 aromatic heterocycles. The second kappa shape index (κ2) is 7.05. The fraction of sp³-hybridized carbons (Fsp3) is 0.412. The SMILES string of the molecule is COc1ccc(CNc2[nH]ncc2C#N)cc1OC1CCCC1. The van der Waals surface area contributed by atoms with E-state index in [1.807, 2.05) is 18.2 Å². The minimum absolute atomic E-state index is 0.282. The van der Waals surface area contributed by atoms with Crippen LogP contribution < -0.4 is 14.8 Å². The highest BCUT2D eigenvalue weighted by molar-refractivity contribution is 5.51. The molecule has 23 heavy (non-hydrogen) atoms. The second-order valence-electron chi connectivity index (χ2n) is 5.63. The molecule has 0 bridgehead atoms. The molecular formula is C17H20N4O2. The van der Waals surface area contributed by atoms with Gasteiger partial charge in [0.1, 0.15) is 17.5 Å². The van der Waals surface area contributed by atoms with E-state index in [0.717, 1.165) is 29.9 Å². The number of anilines is 1. The molecule has 6 nitrogen and oxygen atoms in total. The lowest BCUT2D eigenvalue weighted by molar-refractivity contribution is 0.200. The molecule has 0 atom stereocenters. The summed E-state index contributed by atoms with van der Waals surface area (Å²) in [4.78, 5) is 0. The Morgan fingerprint density at radius 1 is 1.35 bits per heavy atom. The molecule has 1 fully saturated rings. The highest BCUT2D eigenvalue weighted by Crippen LogP contribution is 2.32. The van der Waals surface area contributed by atoms with Gasteiger partial charge in [0, 0.05) is 6.54 Å². The molecule has 2 aromatic rings. The average Bonchev–Trinajstić information content (AvgIpc) is 3.24. The third-order valence-electron chi connectivity index (χ3n) is 4.05. The third kappa shape index (κ3) is 3.57. The normalized spacial score (nSPS) is 14.4. The molecule has 2 N–H and O–H groups in total. The Hall–Kier alpha value is -2.68. The molecule has 1 aromatic carbocycles. The van der Waals surface area contributed by atoms with E-state index in [1.54, 1.807) is 7.11 Å². The Labute approximate surface area is 135 Å². The van der Waals surface area contributed by atoms with Gasteiger partial charge in [-0.25, -0.2) is 0 Å². The lowest BCUT2D eigenvalue weighted by Crippen LogP contribution is -2.12. The summed E-state index contributed by atoms with van der Waals surface area (Å²) in [5.74, 6) is 2.16. The summed E-state index contributed by atoms with van der Waals surface area (Å²) >= 11 is 0. The van der Waals surface area contributed by atoms with E-state index >= 15 is 0 Å². The second-order valence-corrected chi connectivity index (χ2v) is 5.63. The molecule has 1 saturated carbocycles. The van der Waals surface area contributed by atoms with Crippen LogP contribution in [0.1, 0.15) is 36.8 Å². The predicted molar refractivity (Wildman–Crippen MR) is 86.5 cm³/mol. The zero-order valence-corrected chi connectivity index (χ0v) is 13.1. The molecule has 0 radical (unpaired) electrons. The summed E-state index contributed by atoms with van der Waals surface area (Å²) in [5, 5.41) is 18.8. The van der Waals surface area contributed by atoms with Crippen LogP contribution in [0.25, 0.3) is 0 Å². The number of hydrogen-bond acceptors (Lipinski definition) is 5. The van der Waals surface area contributed by atoms with E-state index in [4.69, 9.17) is 14.7 Å². The molecule has 1 aliphatic carbocycles. The summed E-state index contributed by atoms with van der Waals surface area (Å²) in [6, 6.07) is 7.98. The van der Waals surface area contributed by atoms with E-state index in [9.17, 15) is 0 Å². The van der Waals surface area contributed by atoms with Crippen molar-refractivity contribution >= 4 is 5.82 Å². The van der Waals surface area contributed by atoms with Crippen molar-refractivity contribution in [2.45, 2.75) is 38.3 Å². The molecule has 120 valence electrons. The van der Waals surface area contributed by atoms with Gasteiger partial charge in [-0.05, 0) is 43.4 Å². The fourth-order valence-corrected chi connectivity index (χ4v) is 2.81. The van der Waals surface area contributed by atoms with Crippen molar-refractivity contribution in [1.29, 1.82) is 5.26 Å². The number of hydrogen-bond donors (Lipinski definition) is 2. The van der Waals surface area contributed by atoms with Crippen LogP contribution in [0.2, 0.25) is 0 Å². The van der Waals surface area contributed by atoms with E-state index in [-0.39, 0.29) is 6.10 Å². The molecule has 0 aliphatic heterocycles. The van der Waals surface area contributed by atoms with Gasteiger partial charge >= 0.3 is 0 Å². The average molecular weight is 312 g/mol. The number of aromatic nitrogens is 2.